The number of rotatable bonds is 5. The standard InChI is InChI=1S/C16H17N3O2/c20-12-4-3-6-14-5-1-2-7-15(14)18-16(21)8-10-19-11-9-17-13-19/h1-2,5,7,9,11,13,20H,4,8,10,12H2,(H,18,21). The number of carbonyl (C=O) groups excluding carboxylic acids is 1. The zero-order chi connectivity index (χ0) is 14.9. The minimum absolute atomic E-state index is 0.0342. The Bertz CT molecular complexity index is 639. The zero-order valence-electron chi connectivity index (χ0n) is 11.6. The van der Waals surface area contributed by atoms with Crippen LogP contribution in [0.3, 0.4) is 0 Å². The predicted octanol–water partition coefficient (Wildman–Crippen LogP) is 1.65. The third-order valence-corrected chi connectivity index (χ3v) is 2.82. The maximum atomic E-state index is 12.0. The van der Waals surface area contributed by atoms with Gasteiger partial charge in [0, 0.05) is 37.3 Å². The monoisotopic (exact) mass is 283 g/mol. The van der Waals surface area contributed by atoms with Crippen LogP contribution in [-0.4, -0.2) is 27.2 Å². The Kier molecular flexibility index (Phi) is 5.56. The fourth-order valence-electron chi connectivity index (χ4n) is 1.78. The van der Waals surface area contributed by atoms with Crippen molar-refractivity contribution in [3.8, 4) is 11.8 Å². The molecule has 0 atom stereocenters. The largest absolute Gasteiger partial charge is 0.395 e. The number of para-hydroxylation sites is 1. The van der Waals surface area contributed by atoms with Crippen LogP contribution in [0.25, 0.3) is 0 Å². The van der Waals surface area contributed by atoms with E-state index in [-0.39, 0.29) is 12.5 Å². The number of amides is 1. The third-order valence-electron chi connectivity index (χ3n) is 2.82. The predicted molar refractivity (Wildman–Crippen MR) is 80.5 cm³/mol. The molecule has 0 radical (unpaired) electrons. The first-order valence-corrected chi connectivity index (χ1v) is 6.74. The van der Waals surface area contributed by atoms with E-state index in [4.69, 9.17) is 5.11 Å². The first kappa shape index (κ1) is 14.8. The Morgan fingerprint density at radius 3 is 3.00 bits per heavy atom. The normalized spacial score (nSPS) is 9.76. The molecule has 0 aliphatic heterocycles. The quantitative estimate of drug-likeness (QED) is 0.820. The molecule has 0 unspecified atom stereocenters. The van der Waals surface area contributed by atoms with Crippen molar-refractivity contribution in [1.82, 2.24) is 9.55 Å². The first-order chi connectivity index (χ1) is 10.3. The van der Waals surface area contributed by atoms with Gasteiger partial charge in [-0.05, 0) is 12.1 Å². The van der Waals surface area contributed by atoms with E-state index in [0.717, 1.165) is 5.56 Å². The molecule has 1 aromatic heterocycles. The average molecular weight is 283 g/mol. The van der Waals surface area contributed by atoms with Gasteiger partial charge in [-0.1, -0.05) is 24.0 Å². The molecule has 2 N–H and O–H groups in total. The van der Waals surface area contributed by atoms with Crippen molar-refractivity contribution in [1.29, 1.82) is 0 Å². The number of nitrogens with zero attached hydrogens (tertiary/aromatic N) is 2. The summed E-state index contributed by atoms with van der Waals surface area (Å²) >= 11 is 0. The summed E-state index contributed by atoms with van der Waals surface area (Å²) in [6, 6.07) is 7.38. The summed E-state index contributed by atoms with van der Waals surface area (Å²) in [4.78, 5) is 15.9. The molecule has 2 aromatic rings. The van der Waals surface area contributed by atoms with E-state index >= 15 is 0 Å². The van der Waals surface area contributed by atoms with E-state index in [1.165, 1.54) is 0 Å². The van der Waals surface area contributed by atoms with Crippen molar-refractivity contribution in [3.63, 3.8) is 0 Å². The van der Waals surface area contributed by atoms with Gasteiger partial charge < -0.3 is 15.0 Å². The number of anilines is 1. The second-order valence-electron chi connectivity index (χ2n) is 4.42. The fraction of sp³-hybridized carbons (Fsp3) is 0.250. The topological polar surface area (TPSA) is 67.2 Å². The fourth-order valence-corrected chi connectivity index (χ4v) is 1.78. The lowest BCUT2D eigenvalue weighted by Gasteiger charge is -2.07. The molecule has 2 rings (SSSR count). The SMILES string of the molecule is O=C(CCn1ccnc1)Nc1ccccc1C#CCCO. The van der Waals surface area contributed by atoms with Crippen molar-refractivity contribution < 1.29 is 9.90 Å². The molecule has 0 saturated carbocycles. The van der Waals surface area contributed by atoms with Crippen molar-refractivity contribution in [2.45, 2.75) is 19.4 Å². The van der Waals surface area contributed by atoms with Gasteiger partial charge in [0.2, 0.25) is 5.91 Å². The molecular weight excluding hydrogens is 266 g/mol. The number of aliphatic hydroxyl groups is 1. The number of hydrogen-bond acceptors (Lipinski definition) is 3. The van der Waals surface area contributed by atoms with Gasteiger partial charge in [0.1, 0.15) is 0 Å². The number of aliphatic hydroxyl groups excluding tert-OH is 1. The van der Waals surface area contributed by atoms with Crippen LogP contribution in [-0.2, 0) is 11.3 Å². The van der Waals surface area contributed by atoms with Gasteiger partial charge in [-0.2, -0.15) is 0 Å². The van der Waals surface area contributed by atoms with Gasteiger partial charge in [-0.3, -0.25) is 4.79 Å². The summed E-state index contributed by atoms with van der Waals surface area (Å²) in [5.41, 5.74) is 1.44. The van der Waals surface area contributed by atoms with Crippen molar-refractivity contribution >= 4 is 11.6 Å². The molecule has 1 amide bonds. The number of aryl methyl sites for hydroxylation is 1. The highest BCUT2D eigenvalue weighted by Gasteiger charge is 2.05. The summed E-state index contributed by atoms with van der Waals surface area (Å²) in [5.74, 6) is 5.74. The van der Waals surface area contributed by atoms with Crippen LogP contribution < -0.4 is 5.32 Å². The van der Waals surface area contributed by atoms with Crippen molar-refractivity contribution in [2.24, 2.45) is 0 Å². The van der Waals surface area contributed by atoms with Gasteiger partial charge in [0.05, 0.1) is 18.6 Å². The zero-order valence-corrected chi connectivity index (χ0v) is 11.6. The molecule has 0 bridgehead atoms. The van der Waals surface area contributed by atoms with Crippen LogP contribution in [0.1, 0.15) is 18.4 Å². The number of hydrogen-bond donors (Lipinski definition) is 2. The number of aromatic nitrogens is 2. The van der Waals surface area contributed by atoms with E-state index in [0.29, 0.717) is 25.1 Å². The van der Waals surface area contributed by atoms with Crippen LogP contribution in [0.15, 0.2) is 43.0 Å². The third kappa shape index (κ3) is 4.79. The summed E-state index contributed by atoms with van der Waals surface area (Å²) in [5, 5.41) is 11.6. The molecular formula is C16H17N3O2. The minimum Gasteiger partial charge on any atom is -0.395 e. The Labute approximate surface area is 123 Å². The van der Waals surface area contributed by atoms with Crippen LogP contribution in [0.4, 0.5) is 5.69 Å². The molecule has 0 saturated heterocycles. The lowest BCUT2D eigenvalue weighted by atomic mass is 10.1. The van der Waals surface area contributed by atoms with Gasteiger partial charge in [-0.15, -0.1) is 0 Å². The molecule has 108 valence electrons. The minimum atomic E-state index is -0.0693. The highest BCUT2D eigenvalue weighted by Crippen LogP contribution is 2.14. The Morgan fingerprint density at radius 1 is 1.38 bits per heavy atom. The van der Waals surface area contributed by atoms with Crippen LogP contribution >= 0.6 is 0 Å². The Hall–Kier alpha value is -2.58. The van der Waals surface area contributed by atoms with E-state index in [2.05, 4.69) is 22.1 Å². The highest BCUT2D eigenvalue weighted by atomic mass is 16.2. The molecule has 0 spiro atoms. The summed E-state index contributed by atoms with van der Waals surface area (Å²) < 4.78 is 1.85. The van der Waals surface area contributed by atoms with Crippen molar-refractivity contribution in [2.75, 3.05) is 11.9 Å². The van der Waals surface area contributed by atoms with E-state index in [1.807, 2.05) is 35.0 Å². The molecule has 5 nitrogen and oxygen atoms in total. The van der Waals surface area contributed by atoms with Crippen LogP contribution in [0.2, 0.25) is 0 Å². The Balaban J connectivity index is 1.95. The van der Waals surface area contributed by atoms with Gasteiger partial charge in [0.15, 0.2) is 0 Å². The number of nitrogens with one attached hydrogen (secondary N) is 1. The maximum absolute atomic E-state index is 12.0. The number of imidazole rings is 1. The summed E-state index contributed by atoms with van der Waals surface area (Å²) in [7, 11) is 0. The molecule has 1 heterocycles. The van der Waals surface area contributed by atoms with E-state index < -0.39 is 0 Å². The molecule has 1 aromatic carbocycles. The second kappa shape index (κ2) is 7.88. The smallest absolute Gasteiger partial charge is 0.226 e. The van der Waals surface area contributed by atoms with Crippen LogP contribution in [0, 0.1) is 11.8 Å². The molecule has 5 heteroatoms. The summed E-state index contributed by atoms with van der Waals surface area (Å²) in [6.07, 6.45) is 5.98. The average Bonchev–Trinajstić information content (AvgIpc) is 3.00. The lowest BCUT2D eigenvalue weighted by molar-refractivity contribution is -0.116. The van der Waals surface area contributed by atoms with E-state index in [9.17, 15) is 4.79 Å². The molecule has 0 aliphatic carbocycles. The van der Waals surface area contributed by atoms with Gasteiger partial charge >= 0.3 is 0 Å². The molecule has 21 heavy (non-hydrogen) atoms. The van der Waals surface area contributed by atoms with Gasteiger partial charge in [0.25, 0.3) is 0 Å². The second-order valence-corrected chi connectivity index (χ2v) is 4.42. The Morgan fingerprint density at radius 2 is 2.24 bits per heavy atom. The first-order valence-electron chi connectivity index (χ1n) is 6.74. The van der Waals surface area contributed by atoms with Crippen LogP contribution in [0.5, 0.6) is 0 Å². The molecule has 0 aliphatic rings. The number of carbonyl (C=O) groups is 1. The summed E-state index contributed by atoms with van der Waals surface area (Å²) in [6.45, 7) is 0.622. The number of benzene rings is 1. The van der Waals surface area contributed by atoms with E-state index in [1.54, 1.807) is 12.5 Å². The lowest BCUT2D eigenvalue weighted by Crippen LogP contribution is -2.14. The van der Waals surface area contributed by atoms with Gasteiger partial charge in [-0.25, -0.2) is 4.98 Å². The highest BCUT2D eigenvalue weighted by molar-refractivity contribution is 5.92. The maximum Gasteiger partial charge on any atom is 0.226 e. The van der Waals surface area contributed by atoms with Crippen molar-refractivity contribution in [3.05, 3.63) is 48.5 Å². The molecule has 0 fully saturated rings.